The Morgan fingerprint density at radius 3 is 2.44 bits per heavy atom. The van der Waals surface area contributed by atoms with Gasteiger partial charge in [-0.3, -0.25) is 14.5 Å². The molecule has 0 atom stereocenters. The van der Waals surface area contributed by atoms with E-state index < -0.39 is 11.2 Å². The molecule has 1 aromatic carbocycles. The number of pyridine rings is 1. The summed E-state index contributed by atoms with van der Waals surface area (Å²) in [7, 11) is 1.95. The first-order valence-electron chi connectivity index (χ1n) is 8.97. The summed E-state index contributed by atoms with van der Waals surface area (Å²) in [6, 6.07) is 9.04. The second-order valence-electron chi connectivity index (χ2n) is 7.24. The zero-order chi connectivity index (χ0) is 19.7. The molecule has 1 aliphatic rings. The van der Waals surface area contributed by atoms with Crippen LogP contribution in [-0.4, -0.2) is 45.0 Å². The number of nitrogens with zero attached hydrogens (tertiary/aromatic N) is 3. The highest BCUT2D eigenvalue weighted by molar-refractivity contribution is 6.30. The molecule has 0 radical (unpaired) electrons. The summed E-state index contributed by atoms with van der Waals surface area (Å²) < 4.78 is 1.77. The first kappa shape index (κ1) is 19.5. The van der Waals surface area contributed by atoms with Crippen LogP contribution >= 0.6 is 11.6 Å². The number of aromatic hydroxyl groups is 1. The van der Waals surface area contributed by atoms with Gasteiger partial charge < -0.3 is 14.6 Å². The molecule has 144 valence electrons. The third-order valence-electron chi connectivity index (χ3n) is 4.82. The lowest BCUT2D eigenvalue weighted by Crippen LogP contribution is -2.46. The molecule has 7 heteroatoms. The van der Waals surface area contributed by atoms with Crippen LogP contribution in [0.3, 0.4) is 0 Å². The number of hydrogen-bond donors (Lipinski definition) is 1. The van der Waals surface area contributed by atoms with Crippen LogP contribution < -0.4 is 5.43 Å². The van der Waals surface area contributed by atoms with E-state index in [4.69, 9.17) is 11.6 Å². The average Bonchev–Trinajstić information content (AvgIpc) is 2.61. The van der Waals surface area contributed by atoms with Gasteiger partial charge in [0.25, 0.3) is 5.91 Å². The van der Waals surface area contributed by atoms with E-state index in [-0.39, 0.29) is 17.6 Å². The van der Waals surface area contributed by atoms with Gasteiger partial charge in [0, 0.05) is 49.0 Å². The number of amides is 1. The quantitative estimate of drug-likeness (QED) is 0.853. The third kappa shape index (κ3) is 4.01. The predicted molar refractivity (Wildman–Crippen MR) is 105 cm³/mol. The fourth-order valence-corrected chi connectivity index (χ4v) is 3.59. The van der Waals surface area contributed by atoms with Gasteiger partial charge in [0.1, 0.15) is 0 Å². The van der Waals surface area contributed by atoms with E-state index in [0.717, 1.165) is 11.3 Å². The summed E-state index contributed by atoms with van der Waals surface area (Å²) in [5.74, 6) is -0.762. The van der Waals surface area contributed by atoms with Gasteiger partial charge in [-0.15, -0.1) is 0 Å². The SMILES string of the molecule is CC(C)N1CCn2c(CN(C)Cc3ccc(Cl)cc3)cc(=O)c(O)c2C1=O. The molecule has 3 rings (SSSR count). The van der Waals surface area contributed by atoms with Crippen molar-refractivity contribution in [2.75, 3.05) is 13.6 Å². The molecular formula is C20H24ClN3O3. The lowest BCUT2D eigenvalue weighted by molar-refractivity contribution is 0.0637. The zero-order valence-electron chi connectivity index (χ0n) is 15.8. The van der Waals surface area contributed by atoms with Gasteiger partial charge in [-0.1, -0.05) is 23.7 Å². The van der Waals surface area contributed by atoms with Crippen molar-refractivity contribution in [3.05, 3.63) is 62.5 Å². The van der Waals surface area contributed by atoms with Crippen LogP contribution in [0.2, 0.25) is 5.02 Å². The van der Waals surface area contributed by atoms with E-state index in [0.29, 0.717) is 31.2 Å². The van der Waals surface area contributed by atoms with Crippen molar-refractivity contribution in [1.29, 1.82) is 0 Å². The number of hydrogen-bond acceptors (Lipinski definition) is 4. The van der Waals surface area contributed by atoms with Crippen molar-refractivity contribution in [3.8, 4) is 5.75 Å². The summed E-state index contributed by atoms with van der Waals surface area (Å²) in [4.78, 5) is 28.7. The standard InChI is InChI=1S/C20H24ClN3O3/c1-13(2)23-8-9-24-16(10-17(25)19(26)18(24)20(23)27)12-22(3)11-14-4-6-15(21)7-5-14/h4-7,10,13,26H,8-9,11-12H2,1-3H3. The van der Waals surface area contributed by atoms with Gasteiger partial charge in [-0.25, -0.2) is 0 Å². The van der Waals surface area contributed by atoms with Crippen molar-refractivity contribution in [1.82, 2.24) is 14.4 Å². The summed E-state index contributed by atoms with van der Waals surface area (Å²) in [5.41, 5.74) is 1.40. The largest absolute Gasteiger partial charge is 0.503 e. The zero-order valence-corrected chi connectivity index (χ0v) is 16.5. The minimum Gasteiger partial charge on any atom is -0.503 e. The van der Waals surface area contributed by atoms with Crippen LogP contribution in [0, 0.1) is 0 Å². The molecular weight excluding hydrogens is 366 g/mol. The first-order chi connectivity index (χ1) is 12.8. The van der Waals surface area contributed by atoms with E-state index in [9.17, 15) is 14.7 Å². The smallest absolute Gasteiger partial charge is 0.274 e. The maximum atomic E-state index is 12.8. The van der Waals surface area contributed by atoms with Gasteiger partial charge in [0.05, 0.1) is 0 Å². The Bertz CT molecular complexity index is 906. The maximum Gasteiger partial charge on any atom is 0.274 e. The molecule has 2 aromatic rings. The monoisotopic (exact) mass is 389 g/mol. The highest BCUT2D eigenvalue weighted by atomic mass is 35.5. The van der Waals surface area contributed by atoms with Crippen LogP contribution in [0.4, 0.5) is 0 Å². The molecule has 0 bridgehead atoms. The van der Waals surface area contributed by atoms with Gasteiger partial charge >= 0.3 is 0 Å². The van der Waals surface area contributed by atoms with Crippen LogP contribution in [-0.2, 0) is 19.6 Å². The Kier molecular flexibility index (Phi) is 5.58. The van der Waals surface area contributed by atoms with Crippen molar-refractivity contribution in [2.24, 2.45) is 0 Å². The summed E-state index contributed by atoms with van der Waals surface area (Å²) in [6.07, 6.45) is 0. The number of aromatic nitrogens is 1. The Morgan fingerprint density at radius 2 is 1.81 bits per heavy atom. The van der Waals surface area contributed by atoms with E-state index >= 15 is 0 Å². The molecule has 0 fully saturated rings. The average molecular weight is 390 g/mol. The van der Waals surface area contributed by atoms with Crippen molar-refractivity contribution < 1.29 is 9.90 Å². The lowest BCUT2D eigenvalue weighted by atomic mass is 10.1. The molecule has 1 aliphatic heterocycles. The van der Waals surface area contributed by atoms with Crippen molar-refractivity contribution in [2.45, 2.75) is 39.5 Å². The van der Waals surface area contributed by atoms with Crippen LogP contribution in [0.25, 0.3) is 0 Å². The normalized spacial score (nSPS) is 14.1. The molecule has 2 heterocycles. The van der Waals surface area contributed by atoms with E-state index in [1.165, 1.54) is 6.07 Å². The second kappa shape index (κ2) is 7.74. The summed E-state index contributed by atoms with van der Waals surface area (Å²) >= 11 is 5.93. The van der Waals surface area contributed by atoms with E-state index in [2.05, 4.69) is 4.90 Å². The van der Waals surface area contributed by atoms with Crippen LogP contribution in [0.15, 0.2) is 35.1 Å². The highest BCUT2D eigenvalue weighted by Gasteiger charge is 2.31. The maximum absolute atomic E-state index is 12.8. The van der Waals surface area contributed by atoms with Crippen LogP contribution in [0.1, 0.15) is 35.6 Å². The van der Waals surface area contributed by atoms with E-state index in [1.807, 2.05) is 45.2 Å². The molecule has 0 saturated carbocycles. The van der Waals surface area contributed by atoms with Crippen molar-refractivity contribution >= 4 is 17.5 Å². The third-order valence-corrected chi connectivity index (χ3v) is 5.07. The number of benzene rings is 1. The molecule has 27 heavy (non-hydrogen) atoms. The Balaban J connectivity index is 1.88. The Morgan fingerprint density at radius 1 is 1.15 bits per heavy atom. The number of carbonyl (C=O) groups is 1. The molecule has 0 saturated heterocycles. The molecule has 0 unspecified atom stereocenters. The predicted octanol–water partition coefficient (Wildman–Crippen LogP) is 2.70. The minimum absolute atomic E-state index is 0.0111. The molecule has 6 nitrogen and oxygen atoms in total. The number of carbonyl (C=O) groups excluding carboxylic acids is 1. The van der Waals surface area contributed by atoms with Gasteiger partial charge in [0.15, 0.2) is 11.4 Å². The van der Waals surface area contributed by atoms with Gasteiger partial charge in [0.2, 0.25) is 5.43 Å². The Hall–Kier alpha value is -2.31. The topological polar surface area (TPSA) is 65.8 Å². The summed E-state index contributed by atoms with van der Waals surface area (Å²) in [6.45, 7) is 6.11. The van der Waals surface area contributed by atoms with Crippen LogP contribution in [0.5, 0.6) is 5.75 Å². The highest BCUT2D eigenvalue weighted by Crippen LogP contribution is 2.23. The number of halogens is 1. The van der Waals surface area contributed by atoms with Gasteiger partial charge in [-0.05, 0) is 38.6 Å². The number of rotatable bonds is 5. The lowest BCUT2D eigenvalue weighted by Gasteiger charge is -2.34. The molecule has 1 aromatic heterocycles. The van der Waals surface area contributed by atoms with Crippen molar-refractivity contribution in [3.63, 3.8) is 0 Å². The summed E-state index contributed by atoms with van der Waals surface area (Å²) in [5, 5.41) is 10.9. The molecule has 0 spiro atoms. The van der Waals surface area contributed by atoms with Gasteiger partial charge in [-0.2, -0.15) is 0 Å². The second-order valence-corrected chi connectivity index (χ2v) is 7.68. The molecule has 0 aliphatic carbocycles. The fourth-order valence-electron chi connectivity index (χ4n) is 3.46. The van der Waals surface area contributed by atoms with E-state index in [1.54, 1.807) is 9.47 Å². The Labute approximate surface area is 163 Å². The fraction of sp³-hybridized carbons (Fsp3) is 0.400. The minimum atomic E-state index is -0.518. The molecule has 1 amide bonds. The molecule has 1 N–H and O–H groups in total. The first-order valence-corrected chi connectivity index (χ1v) is 9.35. The number of fused-ring (bicyclic) bond motifs is 1.